The Hall–Kier alpha value is -0.640. The molecule has 0 radical (unpaired) electrons. The van der Waals surface area contributed by atoms with Gasteiger partial charge in [-0.1, -0.05) is 24.7 Å². The van der Waals surface area contributed by atoms with Crippen molar-refractivity contribution in [1.82, 2.24) is 10.2 Å². The van der Waals surface area contributed by atoms with Crippen LogP contribution in [0.4, 0.5) is 5.13 Å². The lowest BCUT2D eigenvalue weighted by atomic mass is 10.1. The van der Waals surface area contributed by atoms with E-state index >= 15 is 0 Å². The summed E-state index contributed by atoms with van der Waals surface area (Å²) in [5, 5.41) is 13.6. The number of rotatable bonds is 3. The summed E-state index contributed by atoms with van der Waals surface area (Å²) < 4.78 is 0. The molecular weight excluding hydrogens is 194 g/mol. The van der Waals surface area contributed by atoms with Crippen molar-refractivity contribution in [3.63, 3.8) is 0 Å². The number of anilines is 1. The Morgan fingerprint density at radius 1 is 1.43 bits per heavy atom. The van der Waals surface area contributed by atoms with E-state index in [-0.39, 0.29) is 0 Å². The zero-order chi connectivity index (χ0) is 9.97. The van der Waals surface area contributed by atoms with E-state index in [4.69, 9.17) is 0 Å². The highest BCUT2D eigenvalue weighted by Crippen LogP contribution is 2.30. The fraction of sp³-hybridized carbons (Fsp3) is 0.800. The van der Waals surface area contributed by atoms with E-state index in [9.17, 15) is 0 Å². The van der Waals surface area contributed by atoms with Crippen molar-refractivity contribution in [2.24, 2.45) is 5.92 Å². The van der Waals surface area contributed by atoms with E-state index in [1.54, 1.807) is 11.3 Å². The van der Waals surface area contributed by atoms with Crippen molar-refractivity contribution in [3.05, 3.63) is 5.01 Å². The number of aromatic nitrogens is 2. The monoisotopic (exact) mass is 211 g/mol. The van der Waals surface area contributed by atoms with Crippen LogP contribution in [-0.2, 0) is 0 Å². The van der Waals surface area contributed by atoms with Crippen LogP contribution in [0.15, 0.2) is 0 Å². The van der Waals surface area contributed by atoms with Crippen LogP contribution in [0, 0.1) is 12.8 Å². The molecule has 1 heterocycles. The maximum atomic E-state index is 4.09. The largest absolute Gasteiger partial charge is 0.357 e. The number of aryl methyl sites for hydroxylation is 1. The quantitative estimate of drug-likeness (QED) is 0.835. The third-order valence-corrected chi connectivity index (χ3v) is 3.74. The topological polar surface area (TPSA) is 37.8 Å². The molecule has 1 N–H and O–H groups in total. The van der Waals surface area contributed by atoms with Gasteiger partial charge < -0.3 is 5.32 Å². The van der Waals surface area contributed by atoms with E-state index in [0.717, 1.165) is 16.1 Å². The van der Waals surface area contributed by atoms with Crippen molar-refractivity contribution < 1.29 is 0 Å². The van der Waals surface area contributed by atoms with Gasteiger partial charge in [-0.15, -0.1) is 10.2 Å². The first-order valence-corrected chi connectivity index (χ1v) is 6.16. The first-order chi connectivity index (χ1) is 6.78. The van der Waals surface area contributed by atoms with Crippen LogP contribution < -0.4 is 5.32 Å². The molecule has 1 aromatic heterocycles. The highest BCUT2D eigenvalue weighted by atomic mass is 32.1. The normalized spacial score (nSPS) is 26.7. The van der Waals surface area contributed by atoms with Gasteiger partial charge in [0, 0.05) is 6.04 Å². The van der Waals surface area contributed by atoms with Gasteiger partial charge >= 0.3 is 0 Å². The lowest BCUT2D eigenvalue weighted by Crippen LogP contribution is -2.15. The summed E-state index contributed by atoms with van der Waals surface area (Å²) in [4.78, 5) is 0. The summed E-state index contributed by atoms with van der Waals surface area (Å²) in [6.07, 6.45) is 5.27. The van der Waals surface area contributed by atoms with Crippen molar-refractivity contribution in [2.45, 2.75) is 45.6 Å². The minimum absolute atomic E-state index is 0.632. The number of nitrogens with one attached hydrogen (secondary N) is 1. The van der Waals surface area contributed by atoms with Crippen LogP contribution in [-0.4, -0.2) is 16.2 Å². The summed E-state index contributed by atoms with van der Waals surface area (Å²) in [5.41, 5.74) is 0. The van der Waals surface area contributed by atoms with Gasteiger partial charge in [-0.3, -0.25) is 0 Å². The Kier molecular flexibility index (Phi) is 3.01. The van der Waals surface area contributed by atoms with Gasteiger partial charge in [0.1, 0.15) is 5.01 Å². The number of hydrogen-bond donors (Lipinski definition) is 1. The maximum absolute atomic E-state index is 4.09. The second kappa shape index (κ2) is 4.26. The Morgan fingerprint density at radius 2 is 2.29 bits per heavy atom. The molecule has 0 aliphatic heterocycles. The lowest BCUT2D eigenvalue weighted by molar-refractivity contribution is 0.525. The molecule has 14 heavy (non-hydrogen) atoms. The molecule has 0 amide bonds. The highest BCUT2D eigenvalue weighted by Gasteiger charge is 2.23. The predicted molar refractivity (Wildman–Crippen MR) is 59.7 cm³/mol. The molecule has 0 spiro atoms. The molecule has 3 nitrogen and oxygen atoms in total. The van der Waals surface area contributed by atoms with E-state index in [1.807, 2.05) is 6.92 Å². The first kappa shape index (κ1) is 9.90. The molecule has 1 aliphatic rings. The van der Waals surface area contributed by atoms with Gasteiger partial charge in [0.05, 0.1) is 0 Å². The Labute approximate surface area is 88.9 Å². The minimum Gasteiger partial charge on any atom is -0.357 e. The van der Waals surface area contributed by atoms with Crippen molar-refractivity contribution in [3.8, 4) is 0 Å². The fourth-order valence-electron chi connectivity index (χ4n) is 2.11. The summed E-state index contributed by atoms with van der Waals surface area (Å²) >= 11 is 1.65. The van der Waals surface area contributed by atoms with Crippen LogP contribution in [0.25, 0.3) is 0 Å². The molecule has 2 unspecified atom stereocenters. The average Bonchev–Trinajstić information content (AvgIpc) is 2.76. The van der Waals surface area contributed by atoms with E-state index < -0.39 is 0 Å². The van der Waals surface area contributed by atoms with Crippen LogP contribution in [0.5, 0.6) is 0 Å². The average molecular weight is 211 g/mol. The third-order valence-electron chi connectivity index (χ3n) is 2.97. The van der Waals surface area contributed by atoms with Crippen molar-refractivity contribution in [1.29, 1.82) is 0 Å². The van der Waals surface area contributed by atoms with Crippen LogP contribution in [0.3, 0.4) is 0 Å². The molecular formula is C10H17N3S. The van der Waals surface area contributed by atoms with Crippen LogP contribution in [0.2, 0.25) is 0 Å². The highest BCUT2D eigenvalue weighted by molar-refractivity contribution is 7.15. The van der Waals surface area contributed by atoms with Gasteiger partial charge in [0.25, 0.3) is 0 Å². The van der Waals surface area contributed by atoms with Gasteiger partial charge in [-0.2, -0.15) is 0 Å². The Bertz CT molecular complexity index is 297. The zero-order valence-corrected chi connectivity index (χ0v) is 9.60. The predicted octanol–water partition coefficient (Wildman–Crippen LogP) is 2.84. The summed E-state index contributed by atoms with van der Waals surface area (Å²) in [7, 11) is 0. The molecule has 1 aliphatic carbocycles. The van der Waals surface area contributed by atoms with Crippen LogP contribution in [0.1, 0.15) is 37.6 Å². The van der Waals surface area contributed by atoms with Crippen molar-refractivity contribution in [2.75, 3.05) is 5.32 Å². The second-order valence-corrected chi connectivity index (χ2v) is 5.24. The Balaban J connectivity index is 1.87. The number of nitrogens with zero attached hydrogens (tertiary/aromatic N) is 2. The first-order valence-electron chi connectivity index (χ1n) is 5.34. The minimum atomic E-state index is 0.632. The summed E-state index contributed by atoms with van der Waals surface area (Å²) in [5.74, 6) is 0.918. The van der Waals surface area contributed by atoms with Gasteiger partial charge in [-0.25, -0.2) is 0 Å². The van der Waals surface area contributed by atoms with Gasteiger partial charge in [0.2, 0.25) is 5.13 Å². The zero-order valence-electron chi connectivity index (χ0n) is 8.79. The molecule has 2 rings (SSSR count). The molecule has 4 heteroatoms. The second-order valence-electron chi connectivity index (χ2n) is 4.05. The van der Waals surface area contributed by atoms with Crippen molar-refractivity contribution >= 4 is 16.5 Å². The molecule has 2 atom stereocenters. The molecule has 0 saturated heterocycles. The molecule has 1 aromatic rings. The SMILES string of the molecule is CCC1CCC(Nc2nnc(C)s2)C1. The number of hydrogen-bond acceptors (Lipinski definition) is 4. The van der Waals surface area contributed by atoms with E-state index in [1.165, 1.54) is 25.7 Å². The third kappa shape index (κ3) is 2.23. The molecule has 0 aromatic carbocycles. The molecule has 78 valence electrons. The lowest BCUT2D eigenvalue weighted by Gasteiger charge is -2.10. The van der Waals surface area contributed by atoms with E-state index in [2.05, 4.69) is 22.4 Å². The Morgan fingerprint density at radius 3 is 2.86 bits per heavy atom. The van der Waals surface area contributed by atoms with Gasteiger partial charge in [0.15, 0.2) is 0 Å². The fourth-order valence-corrected chi connectivity index (χ4v) is 2.78. The summed E-state index contributed by atoms with van der Waals surface area (Å²) in [6.45, 7) is 4.27. The van der Waals surface area contributed by atoms with Gasteiger partial charge in [-0.05, 0) is 32.1 Å². The van der Waals surface area contributed by atoms with E-state index in [0.29, 0.717) is 6.04 Å². The molecule has 0 bridgehead atoms. The standard InChI is InChI=1S/C10H17N3S/c1-3-8-4-5-9(6-8)11-10-13-12-7(2)14-10/h8-9H,3-6H2,1-2H3,(H,11,13). The smallest absolute Gasteiger partial charge is 0.205 e. The summed E-state index contributed by atoms with van der Waals surface area (Å²) in [6, 6.07) is 0.632. The maximum Gasteiger partial charge on any atom is 0.205 e. The molecule has 1 fully saturated rings. The molecule has 1 saturated carbocycles. The van der Waals surface area contributed by atoms with Crippen LogP contribution >= 0.6 is 11.3 Å².